The van der Waals surface area contributed by atoms with Gasteiger partial charge in [-0.05, 0) is 85.4 Å². The van der Waals surface area contributed by atoms with Crippen LogP contribution >= 0.6 is 0 Å². The molecule has 1 fully saturated rings. The van der Waals surface area contributed by atoms with E-state index in [1.807, 2.05) is 23.1 Å². The maximum absolute atomic E-state index is 12.9. The molecule has 0 unspecified atom stereocenters. The topological polar surface area (TPSA) is 62.3 Å². The molecule has 1 N–H and O–H groups in total. The van der Waals surface area contributed by atoms with E-state index in [1.54, 1.807) is 24.5 Å². The quantitative estimate of drug-likeness (QED) is 0.627. The molecule has 0 saturated carbocycles. The third-order valence-electron chi connectivity index (χ3n) is 6.61. The lowest BCUT2D eigenvalue weighted by Gasteiger charge is -2.33. The number of aromatic nitrogens is 1. The van der Waals surface area contributed by atoms with E-state index < -0.39 is 12.1 Å². The molecule has 2 aromatic rings. The number of nitrogens with zero attached hydrogens (tertiary/aromatic N) is 2. The van der Waals surface area contributed by atoms with Crippen LogP contribution in [-0.4, -0.2) is 41.0 Å². The summed E-state index contributed by atoms with van der Waals surface area (Å²) in [7, 11) is 0. The Kier molecular flexibility index (Phi) is 7.34. The fourth-order valence-electron chi connectivity index (χ4n) is 4.72. The van der Waals surface area contributed by atoms with Gasteiger partial charge in [0.15, 0.2) is 0 Å². The highest BCUT2D eigenvalue weighted by atomic mass is 19.4. The van der Waals surface area contributed by atoms with Crippen LogP contribution in [-0.2, 0) is 16.0 Å². The smallest absolute Gasteiger partial charge is 0.342 e. The number of amides is 2. The average Bonchev–Trinajstić information content (AvgIpc) is 2.85. The molecule has 1 aromatic heterocycles. The second-order valence-electron chi connectivity index (χ2n) is 8.92. The summed E-state index contributed by atoms with van der Waals surface area (Å²) in [6, 6.07) is 9.00. The first-order valence-electron chi connectivity index (χ1n) is 11.7. The second-order valence-corrected chi connectivity index (χ2v) is 8.92. The van der Waals surface area contributed by atoms with E-state index in [9.17, 15) is 22.8 Å². The van der Waals surface area contributed by atoms with Gasteiger partial charge in [-0.15, -0.1) is 0 Å². The van der Waals surface area contributed by atoms with Crippen molar-refractivity contribution in [1.82, 2.24) is 9.88 Å². The maximum Gasteiger partial charge on any atom is 0.471 e. The molecule has 0 radical (unpaired) electrons. The molecule has 8 heteroatoms. The van der Waals surface area contributed by atoms with Gasteiger partial charge in [0.2, 0.25) is 5.91 Å². The zero-order chi connectivity index (χ0) is 24.1. The highest BCUT2D eigenvalue weighted by Gasteiger charge is 2.39. The number of nitrogens with one attached hydrogen (secondary N) is 1. The summed E-state index contributed by atoms with van der Waals surface area (Å²) >= 11 is 0. The third kappa shape index (κ3) is 5.85. The molecular formula is C26H28F3N3O2. The fourth-order valence-corrected chi connectivity index (χ4v) is 4.72. The van der Waals surface area contributed by atoms with Crippen molar-refractivity contribution in [2.45, 2.75) is 57.0 Å². The van der Waals surface area contributed by atoms with E-state index in [1.165, 1.54) is 0 Å². The number of benzene rings is 1. The molecule has 2 amide bonds. The molecule has 0 spiro atoms. The van der Waals surface area contributed by atoms with Crippen molar-refractivity contribution in [3.8, 4) is 0 Å². The summed E-state index contributed by atoms with van der Waals surface area (Å²) in [4.78, 5) is 30.1. The number of allylic oxidation sites excluding steroid dienone is 2. The van der Waals surface area contributed by atoms with Crippen LogP contribution in [0.1, 0.15) is 61.1 Å². The zero-order valence-electron chi connectivity index (χ0n) is 18.9. The number of rotatable bonds is 5. The number of hydrogen-bond acceptors (Lipinski definition) is 3. The predicted molar refractivity (Wildman–Crippen MR) is 124 cm³/mol. The van der Waals surface area contributed by atoms with Crippen molar-refractivity contribution in [3.63, 3.8) is 0 Å². The Labute approximate surface area is 197 Å². The van der Waals surface area contributed by atoms with Crippen molar-refractivity contribution in [1.29, 1.82) is 0 Å². The van der Waals surface area contributed by atoms with Gasteiger partial charge >= 0.3 is 12.1 Å². The van der Waals surface area contributed by atoms with Crippen LogP contribution in [0, 0.1) is 0 Å². The summed E-state index contributed by atoms with van der Waals surface area (Å²) in [5.41, 5.74) is 3.82. The third-order valence-corrected chi connectivity index (χ3v) is 6.61. The Morgan fingerprint density at radius 3 is 2.44 bits per heavy atom. The van der Waals surface area contributed by atoms with Crippen LogP contribution in [0.15, 0.2) is 48.8 Å². The van der Waals surface area contributed by atoms with Gasteiger partial charge in [-0.3, -0.25) is 14.6 Å². The van der Waals surface area contributed by atoms with Crippen molar-refractivity contribution in [2.24, 2.45) is 0 Å². The number of likely N-dealkylation sites (tertiary alicyclic amines) is 1. The number of pyridine rings is 1. The Hall–Kier alpha value is -3.16. The molecule has 0 bridgehead atoms. The standard InChI is InChI=1S/C26H28F3N3O2/c27-26(28,29)25(34)31-23-7-6-21(17-22(23)20-4-2-1-3-5-20)19-10-14-32(15-11-19)24(33)16-18-8-12-30-13-9-18/h4,6-9,12-13,17,19H,1-3,5,10-11,14-16H2,(H,31,34). The molecule has 2 aliphatic rings. The SMILES string of the molecule is O=C(Cc1ccncc1)N1CCC(c2ccc(NC(=O)C(F)(F)F)c(C3=CCCCC3)c2)CC1. The van der Waals surface area contributed by atoms with Gasteiger partial charge in [0.25, 0.3) is 0 Å². The Bertz CT molecular complexity index is 1060. The summed E-state index contributed by atoms with van der Waals surface area (Å²) in [5.74, 6) is -1.66. The van der Waals surface area contributed by atoms with E-state index in [4.69, 9.17) is 0 Å². The van der Waals surface area contributed by atoms with Crippen LogP contribution in [0.4, 0.5) is 18.9 Å². The Balaban J connectivity index is 1.47. The Morgan fingerprint density at radius 2 is 1.79 bits per heavy atom. The lowest BCUT2D eigenvalue weighted by atomic mass is 9.85. The molecule has 1 saturated heterocycles. The lowest BCUT2D eigenvalue weighted by molar-refractivity contribution is -0.167. The number of hydrogen-bond donors (Lipinski definition) is 1. The fraction of sp³-hybridized carbons (Fsp3) is 0.423. The maximum atomic E-state index is 12.9. The molecule has 1 aromatic carbocycles. The predicted octanol–water partition coefficient (Wildman–Crippen LogP) is 5.49. The van der Waals surface area contributed by atoms with Crippen molar-refractivity contribution >= 4 is 23.1 Å². The first-order chi connectivity index (χ1) is 16.3. The lowest BCUT2D eigenvalue weighted by Crippen LogP contribution is -2.38. The first-order valence-corrected chi connectivity index (χ1v) is 11.7. The van der Waals surface area contributed by atoms with Gasteiger partial charge in [-0.25, -0.2) is 0 Å². The van der Waals surface area contributed by atoms with E-state index >= 15 is 0 Å². The van der Waals surface area contributed by atoms with Gasteiger partial charge in [0.1, 0.15) is 0 Å². The molecule has 180 valence electrons. The zero-order valence-corrected chi connectivity index (χ0v) is 18.9. The number of carbonyl (C=O) groups is 2. The van der Waals surface area contributed by atoms with Gasteiger partial charge in [0, 0.05) is 36.7 Å². The van der Waals surface area contributed by atoms with Crippen molar-refractivity contribution in [3.05, 3.63) is 65.5 Å². The summed E-state index contributed by atoms with van der Waals surface area (Å²) < 4.78 is 38.6. The number of carbonyl (C=O) groups excluding carboxylic acids is 2. The molecule has 1 aliphatic carbocycles. The number of piperidine rings is 1. The number of halogens is 3. The number of anilines is 1. The minimum Gasteiger partial charge on any atom is -0.342 e. The van der Waals surface area contributed by atoms with Crippen LogP contribution in [0.25, 0.3) is 5.57 Å². The summed E-state index contributed by atoms with van der Waals surface area (Å²) in [5, 5.41) is 2.06. The van der Waals surface area contributed by atoms with E-state index in [-0.39, 0.29) is 17.5 Å². The molecule has 0 atom stereocenters. The molecular weight excluding hydrogens is 443 g/mol. The second kappa shape index (κ2) is 10.4. The molecule has 2 heterocycles. The van der Waals surface area contributed by atoms with Gasteiger partial charge in [-0.2, -0.15) is 13.2 Å². The molecule has 1 aliphatic heterocycles. The highest BCUT2D eigenvalue weighted by Crippen LogP contribution is 2.37. The monoisotopic (exact) mass is 471 g/mol. The Morgan fingerprint density at radius 1 is 1.06 bits per heavy atom. The minimum atomic E-state index is -4.94. The summed E-state index contributed by atoms with van der Waals surface area (Å²) in [6.07, 6.45) is 6.08. The van der Waals surface area contributed by atoms with Crippen molar-refractivity contribution in [2.75, 3.05) is 18.4 Å². The molecule has 5 nitrogen and oxygen atoms in total. The van der Waals surface area contributed by atoms with Gasteiger partial charge in [0.05, 0.1) is 6.42 Å². The van der Waals surface area contributed by atoms with Crippen molar-refractivity contribution < 1.29 is 22.8 Å². The van der Waals surface area contributed by atoms with E-state index in [0.29, 0.717) is 25.1 Å². The molecule has 34 heavy (non-hydrogen) atoms. The average molecular weight is 472 g/mol. The molecule has 4 rings (SSSR count). The van der Waals surface area contributed by atoms with Crippen LogP contribution in [0.2, 0.25) is 0 Å². The van der Waals surface area contributed by atoms with Gasteiger partial charge in [-0.1, -0.05) is 12.1 Å². The normalized spacial score (nSPS) is 17.3. The minimum absolute atomic E-state index is 0.0860. The number of alkyl halides is 3. The van der Waals surface area contributed by atoms with E-state index in [2.05, 4.69) is 16.4 Å². The van der Waals surface area contributed by atoms with Crippen LogP contribution in [0.3, 0.4) is 0 Å². The van der Waals surface area contributed by atoms with E-state index in [0.717, 1.165) is 55.2 Å². The van der Waals surface area contributed by atoms with Crippen LogP contribution < -0.4 is 5.32 Å². The first kappa shape index (κ1) is 24.0. The largest absolute Gasteiger partial charge is 0.471 e. The highest BCUT2D eigenvalue weighted by molar-refractivity contribution is 5.97. The van der Waals surface area contributed by atoms with Crippen LogP contribution in [0.5, 0.6) is 0 Å². The summed E-state index contributed by atoms with van der Waals surface area (Å²) in [6.45, 7) is 1.28. The van der Waals surface area contributed by atoms with Gasteiger partial charge < -0.3 is 10.2 Å².